The zero-order valence-corrected chi connectivity index (χ0v) is 14.5. The maximum atomic E-state index is 11.2. The second kappa shape index (κ2) is 5.07. The van der Waals surface area contributed by atoms with Crippen molar-refractivity contribution < 1.29 is 14.1 Å². The van der Waals surface area contributed by atoms with Crippen LogP contribution in [-0.4, -0.2) is 48.3 Å². The molecule has 3 heterocycles. The molecule has 0 amide bonds. The van der Waals surface area contributed by atoms with Crippen LogP contribution in [0, 0.1) is 0 Å². The molecule has 1 saturated heterocycles. The smallest absolute Gasteiger partial charge is 0.399 e. The number of pyridine rings is 1. The number of fused-ring (bicyclic) bond motifs is 1. The third kappa shape index (κ3) is 2.44. The van der Waals surface area contributed by atoms with Gasteiger partial charge in [0.25, 0.3) is 0 Å². The molecule has 0 aliphatic carbocycles. The number of anilines is 1. The van der Waals surface area contributed by atoms with E-state index in [9.17, 15) is 4.79 Å². The standard InChI is InChI=1S/C16H22BN3O3/c1-15(2)16(3,4)23-17(22-15)12-7-13-11(10-21)8-18-20(13)9-14(12)19(5)6/h7-10H,1-6H3. The van der Waals surface area contributed by atoms with Gasteiger partial charge >= 0.3 is 7.12 Å². The Morgan fingerprint density at radius 3 is 2.35 bits per heavy atom. The van der Waals surface area contributed by atoms with Crippen LogP contribution in [0.1, 0.15) is 38.1 Å². The summed E-state index contributed by atoms with van der Waals surface area (Å²) in [4.78, 5) is 13.2. The van der Waals surface area contributed by atoms with Gasteiger partial charge in [0.05, 0.1) is 40.4 Å². The first-order chi connectivity index (χ1) is 10.7. The Labute approximate surface area is 136 Å². The van der Waals surface area contributed by atoms with Gasteiger partial charge in [-0.25, -0.2) is 4.52 Å². The average molecular weight is 315 g/mol. The molecule has 6 nitrogen and oxygen atoms in total. The fourth-order valence-electron chi connectivity index (χ4n) is 2.67. The first kappa shape index (κ1) is 16.0. The molecular formula is C16H22BN3O3. The van der Waals surface area contributed by atoms with E-state index in [0.717, 1.165) is 23.0 Å². The van der Waals surface area contributed by atoms with E-state index < -0.39 is 18.3 Å². The number of carbonyl (C=O) groups is 1. The Bertz CT molecular complexity index is 751. The molecule has 2 aromatic rings. The number of hydrogen-bond donors (Lipinski definition) is 0. The van der Waals surface area contributed by atoms with E-state index >= 15 is 0 Å². The fourth-order valence-corrected chi connectivity index (χ4v) is 2.67. The summed E-state index contributed by atoms with van der Waals surface area (Å²) in [5.41, 5.74) is 2.30. The van der Waals surface area contributed by atoms with E-state index in [-0.39, 0.29) is 0 Å². The van der Waals surface area contributed by atoms with Gasteiger partial charge in [-0.3, -0.25) is 4.79 Å². The Kier molecular flexibility index (Phi) is 3.53. The van der Waals surface area contributed by atoms with E-state index in [0.29, 0.717) is 5.56 Å². The van der Waals surface area contributed by atoms with Gasteiger partial charge in [-0.05, 0) is 33.8 Å². The number of aromatic nitrogens is 2. The van der Waals surface area contributed by atoms with Gasteiger partial charge in [0.2, 0.25) is 0 Å². The third-order valence-electron chi connectivity index (χ3n) is 4.81. The molecule has 0 radical (unpaired) electrons. The van der Waals surface area contributed by atoms with Crippen molar-refractivity contribution in [3.8, 4) is 0 Å². The molecule has 2 aromatic heterocycles. The minimum absolute atomic E-state index is 0.416. The number of aldehydes is 1. The van der Waals surface area contributed by atoms with Crippen LogP contribution in [0.15, 0.2) is 18.5 Å². The molecule has 0 bridgehead atoms. The van der Waals surface area contributed by atoms with Gasteiger partial charge in [-0.1, -0.05) is 0 Å². The zero-order chi connectivity index (χ0) is 17.0. The van der Waals surface area contributed by atoms with Crippen molar-refractivity contribution in [1.29, 1.82) is 0 Å². The predicted octanol–water partition coefficient (Wildman–Crippen LogP) is 1.51. The number of carbonyl (C=O) groups excluding carboxylic acids is 1. The topological polar surface area (TPSA) is 56.1 Å². The summed E-state index contributed by atoms with van der Waals surface area (Å²) in [6.45, 7) is 8.10. The van der Waals surface area contributed by atoms with Crippen LogP contribution >= 0.6 is 0 Å². The van der Waals surface area contributed by atoms with Gasteiger partial charge in [-0.15, -0.1) is 0 Å². The lowest BCUT2D eigenvalue weighted by atomic mass is 9.78. The molecule has 122 valence electrons. The Morgan fingerprint density at radius 2 is 1.83 bits per heavy atom. The summed E-state index contributed by atoms with van der Waals surface area (Å²) in [5, 5.41) is 4.23. The normalized spacial score (nSPS) is 19.3. The molecule has 1 aliphatic heterocycles. The lowest BCUT2D eigenvalue weighted by Crippen LogP contribution is -2.41. The third-order valence-corrected chi connectivity index (χ3v) is 4.81. The molecule has 0 saturated carbocycles. The minimum Gasteiger partial charge on any atom is -0.399 e. The zero-order valence-electron chi connectivity index (χ0n) is 14.5. The second-order valence-electron chi connectivity index (χ2n) is 7.14. The summed E-state index contributed by atoms with van der Waals surface area (Å²) in [5.74, 6) is 0. The first-order valence-corrected chi connectivity index (χ1v) is 7.66. The van der Waals surface area contributed by atoms with Crippen LogP contribution in [0.5, 0.6) is 0 Å². The maximum Gasteiger partial charge on any atom is 0.497 e. The lowest BCUT2D eigenvalue weighted by Gasteiger charge is -2.32. The fraction of sp³-hybridized carbons (Fsp3) is 0.500. The van der Waals surface area contributed by atoms with Gasteiger partial charge in [0.1, 0.15) is 0 Å². The van der Waals surface area contributed by atoms with Crippen LogP contribution in [0.4, 0.5) is 5.69 Å². The van der Waals surface area contributed by atoms with Gasteiger partial charge in [-0.2, -0.15) is 5.10 Å². The van der Waals surface area contributed by atoms with E-state index in [1.807, 2.05) is 59.0 Å². The van der Waals surface area contributed by atoms with Crippen molar-refractivity contribution in [2.45, 2.75) is 38.9 Å². The SMILES string of the molecule is CN(C)c1cn2ncc(C=O)c2cc1B1OC(C)(C)C(C)(C)O1. The number of rotatable bonds is 3. The van der Waals surface area contributed by atoms with Crippen molar-refractivity contribution in [3.63, 3.8) is 0 Å². The van der Waals surface area contributed by atoms with Crippen LogP contribution in [0.3, 0.4) is 0 Å². The van der Waals surface area contributed by atoms with Crippen LogP contribution in [-0.2, 0) is 9.31 Å². The number of hydrogen-bond acceptors (Lipinski definition) is 5. The van der Waals surface area contributed by atoms with Gasteiger partial charge in [0, 0.05) is 19.6 Å². The maximum absolute atomic E-state index is 11.2. The summed E-state index contributed by atoms with van der Waals surface area (Å²) >= 11 is 0. The minimum atomic E-state index is -0.489. The largest absolute Gasteiger partial charge is 0.497 e. The Balaban J connectivity index is 2.16. The Morgan fingerprint density at radius 1 is 1.22 bits per heavy atom. The highest BCUT2D eigenvalue weighted by Crippen LogP contribution is 2.37. The molecule has 23 heavy (non-hydrogen) atoms. The highest BCUT2D eigenvalue weighted by molar-refractivity contribution is 6.64. The molecule has 3 rings (SSSR count). The highest BCUT2D eigenvalue weighted by atomic mass is 16.7. The van der Waals surface area contributed by atoms with Crippen molar-refractivity contribution in [2.75, 3.05) is 19.0 Å². The van der Waals surface area contributed by atoms with Gasteiger partial charge in [0.15, 0.2) is 6.29 Å². The molecule has 1 aliphatic rings. The van der Waals surface area contributed by atoms with Gasteiger partial charge < -0.3 is 14.2 Å². The van der Waals surface area contributed by atoms with E-state index in [2.05, 4.69) is 5.10 Å². The van der Waals surface area contributed by atoms with Crippen molar-refractivity contribution in [3.05, 3.63) is 24.0 Å². The average Bonchev–Trinajstić information content (AvgIpc) is 2.95. The lowest BCUT2D eigenvalue weighted by molar-refractivity contribution is 0.00578. The summed E-state index contributed by atoms with van der Waals surface area (Å²) < 4.78 is 14.0. The molecular weight excluding hydrogens is 293 g/mol. The molecule has 1 fully saturated rings. The monoisotopic (exact) mass is 315 g/mol. The Hall–Kier alpha value is -1.86. The van der Waals surface area contributed by atoms with Crippen LogP contribution in [0.2, 0.25) is 0 Å². The first-order valence-electron chi connectivity index (χ1n) is 7.66. The molecule has 0 N–H and O–H groups in total. The molecule has 0 atom stereocenters. The number of nitrogens with zero attached hydrogens (tertiary/aromatic N) is 3. The van der Waals surface area contributed by atoms with E-state index in [1.54, 1.807) is 10.7 Å². The molecule has 0 spiro atoms. The molecule has 0 aromatic carbocycles. The van der Waals surface area contributed by atoms with Crippen molar-refractivity contribution >= 4 is 30.1 Å². The van der Waals surface area contributed by atoms with Crippen LogP contribution < -0.4 is 10.4 Å². The summed E-state index contributed by atoms with van der Waals surface area (Å²) in [6, 6.07) is 1.92. The molecule has 0 unspecified atom stereocenters. The summed E-state index contributed by atoms with van der Waals surface area (Å²) in [7, 11) is 3.43. The summed E-state index contributed by atoms with van der Waals surface area (Å²) in [6.07, 6.45) is 4.27. The van der Waals surface area contributed by atoms with Crippen molar-refractivity contribution in [1.82, 2.24) is 9.61 Å². The quantitative estimate of drug-likeness (QED) is 0.635. The van der Waals surface area contributed by atoms with Crippen molar-refractivity contribution in [2.24, 2.45) is 0 Å². The van der Waals surface area contributed by atoms with E-state index in [4.69, 9.17) is 9.31 Å². The predicted molar refractivity (Wildman–Crippen MR) is 90.6 cm³/mol. The second-order valence-corrected chi connectivity index (χ2v) is 7.14. The van der Waals surface area contributed by atoms with Crippen LogP contribution in [0.25, 0.3) is 5.52 Å². The van der Waals surface area contributed by atoms with E-state index in [1.165, 1.54) is 0 Å². The highest BCUT2D eigenvalue weighted by Gasteiger charge is 2.52. The molecule has 7 heteroatoms.